The van der Waals surface area contributed by atoms with E-state index in [1.807, 2.05) is 39.0 Å². The van der Waals surface area contributed by atoms with Crippen LogP contribution in [0.1, 0.15) is 42.7 Å². The maximum Gasteiger partial charge on any atom is 0.213 e. The Balaban J connectivity index is 2.31. The number of hydrogen-bond donors (Lipinski definition) is 2. The summed E-state index contributed by atoms with van der Waals surface area (Å²) in [4.78, 5) is 4.56. The summed E-state index contributed by atoms with van der Waals surface area (Å²) in [5.41, 5.74) is 5.40. The van der Waals surface area contributed by atoms with Crippen molar-refractivity contribution in [2.24, 2.45) is 0 Å². The Morgan fingerprint density at radius 2 is 1.88 bits per heavy atom. The van der Waals surface area contributed by atoms with Gasteiger partial charge < -0.3 is 14.9 Å². The smallest absolute Gasteiger partial charge is 0.213 e. The SMILES string of the molecule is Cc1cc(OCCC(C)(C)O)nc(C)c1-c1cccc(CO)c1C. The van der Waals surface area contributed by atoms with Gasteiger partial charge in [-0.25, -0.2) is 4.98 Å². The highest BCUT2D eigenvalue weighted by Crippen LogP contribution is 2.32. The molecule has 1 heterocycles. The zero-order chi connectivity index (χ0) is 17.9. The van der Waals surface area contributed by atoms with E-state index in [4.69, 9.17) is 4.74 Å². The minimum Gasteiger partial charge on any atom is -0.478 e. The molecule has 0 amide bonds. The van der Waals surface area contributed by atoms with Gasteiger partial charge in [0.2, 0.25) is 5.88 Å². The zero-order valence-electron chi connectivity index (χ0n) is 15.2. The van der Waals surface area contributed by atoms with Crippen molar-refractivity contribution >= 4 is 0 Å². The Hall–Kier alpha value is -1.91. The monoisotopic (exact) mass is 329 g/mol. The third-order valence-electron chi connectivity index (χ3n) is 4.22. The van der Waals surface area contributed by atoms with Crippen LogP contribution in [0.15, 0.2) is 24.3 Å². The molecule has 2 rings (SSSR count). The van der Waals surface area contributed by atoms with Crippen molar-refractivity contribution in [3.63, 3.8) is 0 Å². The minimum absolute atomic E-state index is 0.0311. The van der Waals surface area contributed by atoms with E-state index >= 15 is 0 Å². The van der Waals surface area contributed by atoms with Crippen LogP contribution in [0.3, 0.4) is 0 Å². The molecule has 0 aliphatic carbocycles. The van der Waals surface area contributed by atoms with Gasteiger partial charge in [-0.05, 0) is 56.9 Å². The summed E-state index contributed by atoms with van der Waals surface area (Å²) in [5.74, 6) is 0.578. The van der Waals surface area contributed by atoms with Gasteiger partial charge in [-0.3, -0.25) is 0 Å². The van der Waals surface area contributed by atoms with Crippen molar-refractivity contribution in [3.8, 4) is 17.0 Å². The van der Waals surface area contributed by atoms with E-state index in [-0.39, 0.29) is 6.61 Å². The van der Waals surface area contributed by atoms with Crippen LogP contribution in [-0.4, -0.2) is 27.4 Å². The molecular formula is C20H27NO3. The zero-order valence-corrected chi connectivity index (χ0v) is 15.2. The second kappa shape index (κ2) is 7.32. The molecule has 0 fully saturated rings. The first-order valence-electron chi connectivity index (χ1n) is 8.26. The number of hydrogen-bond acceptors (Lipinski definition) is 4. The minimum atomic E-state index is -0.744. The fraction of sp³-hybridized carbons (Fsp3) is 0.450. The van der Waals surface area contributed by atoms with Crippen LogP contribution in [-0.2, 0) is 6.61 Å². The number of benzene rings is 1. The van der Waals surface area contributed by atoms with Crippen molar-refractivity contribution in [2.75, 3.05) is 6.61 Å². The van der Waals surface area contributed by atoms with Crippen LogP contribution >= 0.6 is 0 Å². The van der Waals surface area contributed by atoms with Crippen molar-refractivity contribution in [1.82, 2.24) is 4.98 Å². The molecule has 2 aromatic rings. The van der Waals surface area contributed by atoms with Crippen LogP contribution in [0.25, 0.3) is 11.1 Å². The molecule has 0 radical (unpaired) electrons. The van der Waals surface area contributed by atoms with Gasteiger partial charge in [0.25, 0.3) is 0 Å². The molecule has 4 nitrogen and oxygen atoms in total. The fourth-order valence-electron chi connectivity index (χ4n) is 2.81. The van der Waals surface area contributed by atoms with Crippen LogP contribution in [0.4, 0.5) is 0 Å². The lowest BCUT2D eigenvalue weighted by Crippen LogP contribution is -2.22. The normalized spacial score (nSPS) is 11.6. The van der Waals surface area contributed by atoms with E-state index in [1.165, 1.54) is 0 Å². The molecule has 0 spiro atoms. The number of aromatic nitrogens is 1. The molecule has 4 heteroatoms. The number of ether oxygens (including phenoxy) is 1. The average molecular weight is 329 g/mol. The number of aryl methyl sites for hydroxylation is 2. The molecule has 0 aliphatic heterocycles. The summed E-state index contributed by atoms with van der Waals surface area (Å²) < 4.78 is 5.70. The van der Waals surface area contributed by atoms with Crippen LogP contribution < -0.4 is 4.74 Å². The number of pyridine rings is 1. The molecule has 24 heavy (non-hydrogen) atoms. The summed E-state index contributed by atoms with van der Waals surface area (Å²) in [7, 11) is 0. The second-order valence-electron chi connectivity index (χ2n) is 6.90. The van der Waals surface area contributed by atoms with Gasteiger partial charge >= 0.3 is 0 Å². The Kier molecular flexibility index (Phi) is 5.62. The molecular weight excluding hydrogens is 302 g/mol. The lowest BCUT2D eigenvalue weighted by molar-refractivity contribution is 0.0547. The van der Waals surface area contributed by atoms with Crippen LogP contribution in [0.5, 0.6) is 5.88 Å². The van der Waals surface area contributed by atoms with Gasteiger partial charge in [-0.2, -0.15) is 0 Å². The lowest BCUT2D eigenvalue weighted by atomic mass is 9.93. The third kappa shape index (κ3) is 4.34. The highest BCUT2D eigenvalue weighted by molar-refractivity contribution is 5.73. The van der Waals surface area contributed by atoms with E-state index in [0.717, 1.165) is 33.5 Å². The molecule has 0 unspecified atom stereocenters. The fourth-order valence-corrected chi connectivity index (χ4v) is 2.81. The quantitative estimate of drug-likeness (QED) is 0.848. The molecule has 1 aromatic carbocycles. The first kappa shape index (κ1) is 18.4. The molecule has 0 saturated carbocycles. The topological polar surface area (TPSA) is 62.6 Å². The maximum absolute atomic E-state index is 9.76. The van der Waals surface area contributed by atoms with Gasteiger partial charge in [0.1, 0.15) is 0 Å². The Morgan fingerprint density at radius 3 is 2.46 bits per heavy atom. The average Bonchev–Trinajstić information content (AvgIpc) is 2.47. The predicted molar refractivity (Wildman–Crippen MR) is 96.2 cm³/mol. The number of nitrogens with zero attached hydrogens (tertiary/aromatic N) is 1. The van der Waals surface area contributed by atoms with E-state index in [1.54, 1.807) is 13.8 Å². The molecule has 0 bridgehead atoms. The van der Waals surface area contributed by atoms with E-state index in [9.17, 15) is 10.2 Å². The van der Waals surface area contributed by atoms with Gasteiger partial charge in [0.05, 0.1) is 18.8 Å². The van der Waals surface area contributed by atoms with Crippen molar-refractivity contribution in [2.45, 2.75) is 53.2 Å². The van der Waals surface area contributed by atoms with E-state index < -0.39 is 5.60 Å². The number of aliphatic hydroxyl groups is 2. The predicted octanol–water partition coefficient (Wildman–Crippen LogP) is 3.71. The highest BCUT2D eigenvalue weighted by atomic mass is 16.5. The Labute approximate surface area is 144 Å². The molecule has 0 saturated heterocycles. The summed E-state index contributed by atoms with van der Waals surface area (Å²) in [6.45, 7) is 10.0. The van der Waals surface area contributed by atoms with Crippen molar-refractivity contribution < 1.29 is 14.9 Å². The largest absolute Gasteiger partial charge is 0.478 e. The second-order valence-corrected chi connectivity index (χ2v) is 6.90. The molecule has 130 valence electrons. The van der Waals surface area contributed by atoms with Crippen molar-refractivity contribution in [3.05, 3.63) is 46.6 Å². The molecule has 1 aromatic heterocycles. The first-order valence-corrected chi connectivity index (χ1v) is 8.26. The maximum atomic E-state index is 9.76. The van der Waals surface area contributed by atoms with Crippen LogP contribution in [0.2, 0.25) is 0 Å². The summed E-state index contributed by atoms with van der Waals surface area (Å²) in [5, 5.41) is 19.2. The third-order valence-corrected chi connectivity index (χ3v) is 4.22. The molecule has 0 atom stereocenters. The van der Waals surface area contributed by atoms with E-state index in [2.05, 4.69) is 11.1 Å². The van der Waals surface area contributed by atoms with Gasteiger partial charge in [0.15, 0.2) is 0 Å². The van der Waals surface area contributed by atoms with Gasteiger partial charge in [-0.15, -0.1) is 0 Å². The highest BCUT2D eigenvalue weighted by Gasteiger charge is 2.15. The lowest BCUT2D eigenvalue weighted by Gasteiger charge is -2.18. The Morgan fingerprint density at radius 1 is 1.17 bits per heavy atom. The standard InChI is InChI=1S/C20H27NO3/c1-13-11-18(24-10-9-20(4,5)23)21-15(3)19(13)17-8-6-7-16(12-22)14(17)2/h6-8,11,22-23H,9-10,12H2,1-5H3. The van der Waals surface area contributed by atoms with Crippen molar-refractivity contribution in [1.29, 1.82) is 0 Å². The van der Waals surface area contributed by atoms with E-state index in [0.29, 0.717) is 18.9 Å². The first-order chi connectivity index (χ1) is 11.2. The Bertz CT molecular complexity index is 694. The summed E-state index contributed by atoms with van der Waals surface area (Å²) in [6, 6.07) is 7.88. The number of rotatable bonds is 6. The summed E-state index contributed by atoms with van der Waals surface area (Å²) in [6.07, 6.45) is 0.548. The molecule has 0 aliphatic rings. The van der Waals surface area contributed by atoms with Gasteiger partial charge in [0, 0.05) is 23.7 Å². The molecule has 2 N–H and O–H groups in total. The van der Waals surface area contributed by atoms with Crippen LogP contribution in [0, 0.1) is 20.8 Å². The summed E-state index contributed by atoms with van der Waals surface area (Å²) >= 11 is 0. The van der Waals surface area contributed by atoms with Gasteiger partial charge in [-0.1, -0.05) is 18.2 Å². The number of aliphatic hydroxyl groups excluding tert-OH is 1.